The Morgan fingerprint density at radius 3 is 2.89 bits per heavy atom. The van der Waals surface area contributed by atoms with E-state index in [9.17, 15) is 4.79 Å². The molecule has 0 aromatic carbocycles. The van der Waals surface area contributed by atoms with Crippen molar-refractivity contribution < 1.29 is 9.53 Å². The minimum Gasteiger partial charge on any atom is -0.456 e. The van der Waals surface area contributed by atoms with Gasteiger partial charge in [0.25, 0.3) is 0 Å². The molecule has 1 aromatic rings. The Bertz CT molecular complexity index is 457. The average molecular weight is 267 g/mol. The number of ether oxygens (including phenoxy) is 1. The van der Waals surface area contributed by atoms with Crippen LogP contribution >= 0.6 is 11.6 Å². The molecule has 96 valence electrons. The van der Waals surface area contributed by atoms with Crippen LogP contribution in [0.4, 0.5) is 0 Å². The van der Waals surface area contributed by atoms with E-state index in [4.69, 9.17) is 16.3 Å². The molecule has 0 bridgehead atoms. The minimum absolute atomic E-state index is 0.264. The van der Waals surface area contributed by atoms with Crippen LogP contribution in [0.15, 0.2) is 30.1 Å². The second-order valence-corrected chi connectivity index (χ2v) is 4.54. The maximum Gasteiger partial charge on any atom is 0.333 e. The first-order valence-corrected chi connectivity index (χ1v) is 6.29. The molecule has 0 fully saturated rings. The Kier molecular flexibility index (Phi) is 4.20. The van der Waals surface area contributed by atoms with Gasteiger partial charge in [-0.05, 0) is 18.1 Å². The van der Waals surface area contributed by atoms with Gasteiger partial charge >= 0.3 is 5.97 Å². The zero-order valence-corrected chi connectivity index (χ0v) is 11.0. The molecule has 0 N–H and O–H groups in total. The van der Waals surface area contributed by atoms with Crippen LogP contribution in [0.2, 0.25) is 5.15 Å². The van der Waals surface area contributed by atoms with Crippen molar-refractivity contribution in [2.75, 3.05) is 13.2 Å². The van der Waals surface area contributed by atoms with Crippen LogP contribution in [0.25, 0.3) is 0 Å². The number of rotatable bonds is 5. The summed E-state index contributed by atoms with van der Waals surface area (Å²) in [6, 6.07) is 3.71. The highest BCUT2D eigenvalue weighted by atomic mass is 35.5. The third kappa shape index (κ3) is 3.23. The van der Waals surface area contributed by atoms with Crippen LogP contribution in [0.1, 0.15) is 18.9 Å². The Hall–Kier alpha value is -1.55. The summed E-state index contributed by atoms with van der Waals surface area (Å²) in [4.78, 5) is 17.3. The third-order valence-electron chi connectivity index (χ3n) is 2.71. The summed E-state index contributed by atoms with van der Waals surface area (Å²) in [5.41, 5.74) is 1.99. The van der Waals surface area contributed by atoms with E-state index in [1.54, 1.807) is 18.3 Å². The summed E-state index contributed by atoms with van der Waals surface area (Å²) < 4.78 is 4.94. The van der Waals surface area contributed by atoms with Crippen molar-refractivity contribution in [3.05, 3.63) is 40.8 Å². The van der Waals surface area contributed by atoms with E-state index in [0.717, 1.165) is 24.2 Å². The zero-order valence-electron chi connectivity index (χ0n) is 10.2. The summed E-state index contributed by atoms with van der Waals surface area (Å²) in [6.45, 7) is 4.05. The molecule has 0 amide bonds. The van der Waals surface area contributed by atoms with Gasteiger partial charge < -0.3 is 9.64 Å². The SMILES string of the molecule is CCCN(Cc1ccc(Cl)nc1)C1=CC(=O)OC1. The van der Waals surface area contributed by atoms with Gasteiger partial charge in [-0.2, -0.15) is 0 Å². The van der Waals surface area contributed by atoms with Gasteiger partial charge in [-0.3, -0.25) is 0 Å². The summed E-state index contributed by atoms with van der Waals surface area (Å²) in [7, 11) is 0. The van der Waals surface area contributed by atoms with E-state index in [2.05, 4.69) is 16.8 Å². The molecule has 18 heavy (non-hydrogen) atoms. The van der Waals surface area contributed by atoms with Crippen molar-refractivity contribution in [2.24, 2.45) is 0 Å². The van der Waals surface area contributed by atoms with E-state index < -0.39 is 0 Å². The Balaban J connectivity index is 2.08. The summed E-state index contributed by atoms with van der Waals surface area (Å²) >= 11 is 5.75. The lowest BCUT2D eigenvalue weighted by Crippen LogP contribution is -2.24. The number of nitrogens with zero attached hydrogens (tertiary/aromatic N) is 2. The number of carbonyl (C=O) groups excluding carboxylic acids is 1. The number of hydrogen-bond donors (Lipinski definition) is 0. The molecule has 0 unspecified atom stereocenters. The number of halogens is 1. The van der Waals surface area contributed by atoms with Crippen molar-refractivity contribution in [3.8, 4) is 0 Å². The standard InChI is InChI=1S/C13H15ClN2O2/c1-2-5-16(11-6-13(17)18-9-11)8-10-3-4-12(14)15-7-10/h3-4,6-7H,2,5,8-9H2,1H3. The predicted octanol–water partition coefficient (Wildman–Crippen LogP) is 2.39. The summed E-state index contributed by atoms with van der Waals surface area (Å²) in [5, 5.41) is 0.486. The number of carbonyl (C=O) groups is 1. The molecule has 2 heterocycles. The number of hydrogen-bond acceptors (Lipinski definition) is 4. The number of aromatic nitrogens is 1. The predicted molar refractivity (Wildman–Crippen MR) is 69.0 cm³/mol. The zero-order chi connectivity index (χ0) is 13.0. The molecule has 5 heteroatoms. The van der Waals surface area contributed by atoms with Gasteiger partial charge in [-0.1, -0.05) is 24.6 Å². The molecule has 0 aliphatic carbocycles. The lowest BCUT2D eigenvalue weighted by atomic mass is 10.2. The quantitative estimate of drug-likeness (QED) is 0.606. The van der Waals surface area contributed by atoms with Gasteiger partial charge in [0.15, 0.2) is 0 Å². The maximum atomic E-state index is 11.1. The topological polar surface area (TPSA) is 42.4 Å². The van der Waals surface area contributed by atoms with E-state index in [1.807, 2.05) is 6.07 Å². The van der Waals surface area contributed by atoms with E-state index in [0.29, 0.717) is 18.3 Å². The van der Waals surface area contributed by atoms with Crippen LogP contribution in [0.3, 0.4) is 0 Å². The lowest BCUT2D eigenvalue weighted by molar-refractivity contribution is -0.135. The molecule has 0 spiro atoms. The molecule has 4 nitrogen and oxygen atoms in total. The fourth-order valence-electron chi connectivity index (χ4n) is 1.86. The minimum atomic E-state index is -0.264. The molecular weight excluding hydrogens is 252 g/mol. The van der Waals surface area contributed by atoms with Crippen molar-refractivity contribution in [2.45, 2.75) is 19.9 Å². The van der Waals surface area contributed by atoms with E-state index in [-0.39, 0.29) is 5.97 Å². The van der Waals surface area contributed by atoms with Crippen LogP contribution in [0, 0.1) is 0 Å². The summed E-state index contributed by atoms with van der Waals surface area (Å²) in [5.74, 6) is -0.264. The van der Waals surface area contributed by atoms with Crippen molar-refractivity contribution in [1.82, 2.24) is 9.88 Å². The van der Waals surface area contributed by atoms with Crippen LogP contribution in [-0.2, 0) is 16.1 Å². The first-order valence-electron chi connectivity index (χ1n) is 5.91. The van der Waals surface area contributed by atoms with Gasteiger partial charge in [-0.25, -0.2) is 9.78 Å². The molecule has 0 saturated carbocycles. The fraction of sp³-hybridized carbons (Fsp3) is 0.385. The first-order chi connectivity index (χ1) is 8.69. The molecule has 0 atom stereocenters. The molecule has 0 saturated heterocycles. The smallest absolute Gasteiger partial charge is 0.333 e. The molecule has 1 aliphatic heterocycles. The summed E-state index contributed by atoms with van der Waals surface area (Å²) in [6.07, 6.45) is 4.31. The number of pyridine rings is 1. The normalized spacial score (nSPS) is 14.3. The van der Waals surface area contributed by atoms with Crippen LogP contribution < -0.4 is 0 Å². The highest BCUT2D eigenvalue weighted by Crippen LogP contribution is 2.16. The van der Waals surface area contributed by atoms with Crippen LogP contribution in [0.5, 0.6) is 0 Å². The molecule has 0 radical (unpaired) electrons. The van der Waals surface area contributed by atoms with Gasteiger partial charge in [-0.15, -0.1) is 0 Å². The Morgan fingerprint density at radius 2 is 2.33 bits per heavy atom. The third-order valence-corrected chi connectivity index (χ3v) is 2.93. The molecule has 2 rings (SSSR count). The van der Waals surface area contributed by atoms with Gasteiger partial charge in [0.2, 0.25) is 0 Å². The highest BCUT2D eigenvalue weighted by Gasteiger charge is 2.18. The van der Waals surface area contributed by atoms with Crippen molar-refractivity contribution in [3.63, 3.8) is 0 Å². The van der Waals surface area contributed by atoms with E-state index >= 15 is 0 Å². The van der Waals surface area contributed by atoms with Gasteiger partial charge in [0.1, 0.15) is 11.8 Å². The average Bonchev–Trinajstić information content (AvgIpc) is 2.78. The largest absolute Gasteiger partial charge is 0.456 e. The molecule has 1 aromatic heterocycles. The Labute approximate surface area is 111 Å². The first kappa shape index (κ1) is 12.9. The number of cyclic esters (lactones) is 1. The fourth-order valence-corrected chi connectivity index (χ4v) is 1.97. The maximum absolute atomic E-state index is 11.1. The molecular formula is C13H15ClN2O2. The highest BCUT2D eigenvalue weighted by molar-refractivity contribution is 6.29. The second kappa shape index (κ2) is 5.87. The second-order valence-electron chi connectivity index (χ2n) is 4.15. The number of esters is 1. The van der Waals surface area contributed by atoms with E-state index in [1.165, 1.54) is 0 Å². The monoisotopic (exact) mass is 266 g/mol. The van der Waals surface area contributed by atoms with Gasteiger partial charge in [0.05, 0.1) is 5.70 Å². The van der Waals surface area contributed by atoms with Crippen molar-refractivity contribution in [1.29, 1.82) is 0 Å². The van der Waals surface area contributed by atoms with Crippen LogP contribution in [-0.4, -0.2) is 29.0 Å². The van der Waals surface area contributed by atoms with Gasteiger partial charge in [0, 0.05) is 25.4 Å². The lowest BCUT2D eigenvalue weighted by Gasteiger charge is -2.24. The van der Waals surface area contributed by atoms with Crippen molar-refractivity contribution >= 4 is 17.6 Å². The molecule has 1 aliphatic rings. The Morgan fingerprint density at radius 1 is 1.50 bits per heavy atom.